The average molecular weight is 403 g/mol. The van der Waals surface area contributed by atoms with Gasteiger partial charge in [-0.1, -0.05) is 6.07 Å². The maximum absolute atomic E-state index is 4.85. The third kappa shape index (κ3) is 5.37. The Morgan fingerprint density at radius 1 is 1.21 bits per heavy atom. The van der Waals surface area contributed by atoms with E-state index in [4.69, 9.17) is 4.99 Å². The summed E-state index contributed by atoms with van der Waals surface area (Å²) >= 11 is 1.87. The minimum atomic E-state index is 0.530. The van der Waals surface area contributed by atoms with Gasteiger partial charge in [0.15, 0.2) is 11.8 Å². The largest absolute Gasteiger partial charge is 0.356 e. The number of aromatic nitrogens is 4. The molecule has 0 amide bonds. The Hall–Kier alpha value is -2.29. The van der Waals surface area contributed by atoms with E-state index in [0.29, 0.717) is 6.54 Å². The first-order chi connectivity index (χ1) is 13.7. The van der Waals surface area contributed by atoms with Gasteiger partial charge in [0.2, 0.25) is 0 Å². The molecule has 8 nitrogen and oxygen atoms in total. The molecule has 1 fully saturated rings. The van der Waals surface area contributed by atoms with Gasteiger partial charge in [0.05, 0.1) is 0 Å². The van der Waals surface area contributed by atoms with Crippen molar-refractivity contribution in [2.24, 2.45) is 12.0 Å². The third-order valence-electron chi connectivity index (χ3n) is 4.91. The minimum absolute atomic E-state index is 0.530. The fraction of sp³-hybridized carbons (Fsp3) is 0.579. The third-order valence-corrected chi connectivity index (χ3v) is 5.61. The van der Waals surface area contributed by atoms with Crippen LogP contribution in [-0.2, 0) is 13.6 Å². The maximum atomic E-state index is 4.85. The van der Waals surface area contributed by atoms with Gasteiger partial charge < -0.3 is 19.7 Å². The standard InChI is InChI=1S/C19H30N8S/c1-16-23-24-18(25(16)2)15-22-19(21-9-6-14-28-3)27-12-10-26(11-13-27)17-7-4-5-8-20-17/h4-5,7-8H,6,9-15H2,1-3H3,(H,21,22). The highest BCUT2D eigenvalue weighted by Gasteiger charge is 2.20. The summed E-state index contributed by atoms with van der Waals surface area (Å²) in [6.45, 7) is 7.13. The molecule has 0 spiro atoms. The second-order valence-corrected chi connectivity index (χ2v) is 7.78. The number of hydrogen-bond donors (Lipinski definition) is 1. The number of rotatable bonds is 7. The van der Waals surface area contributed by atoms with Crippen molar-refractivity contribution in [1.82, 2.24) is 30.0 Å². The van der Waals surface area contributed by atoms with E-state index in [-0.39, 0.29) is 0 Å². The van der Waals surface area contributed by atoms with Crippen molar-refractivity contribution >= 4 is 23.5 Å². The summed E-state index contributed by atoms with van der Waals surface area (Å²) in [5.74, 6) is 4.94. The number of hydrogen-bond acceptors (Lipinski definition) is 6. The van der Waals surface area contributed by atoms with Gasteiger partial charge in [-0.25, -0.2) is 9.98 Å². The molecule has 0 radical (unpaired) electrons. The lowest BCUT2D eigenvalue weighted by Crippen LogP contribution is -2.53. The van der Waals surface area contributed by atoms with Gasteiger partial charge in [0.1, 0.15) is 18.2 Å². The molecule has 1 saturated heterocycles. The van der Waals surface area contributed by atoms with E-state index >= 15 is 0 Å². The first-order valence-electron chi connectivity index (χ1n) is 9.72. The van der Waals surface area contributed by atoms with Gasteiger partial charge in [-0.15, -0.1) is 10.2 Å². The van der Waals surface area contributed by atoms with E-state index in [1.54, 1.807) is 0 Å². The number of thioether (sulfide) groups is 1. The fourth-order valence-electron chi connectivity index (χ4n) is 3.11. The highest BCUT2D eigenvalue weighted by atomic mass is 32.2. The molecule has 9 heteroatoms. The molecule has 1 aliphatic rings. The van der Waals surface area contributed by atoms with E-state index in [0.717, 1.165) is 68.3 Å². The smallest absolute Gasteiger partial charge is 0.194 e. The number of pyridine rings is 1. The quantitative estimate of drug-likeness (QED) is 0.428. The Kier molecular flexibility index (Phi) is 7.53. The van der Waals surface area contributed by atoms with Crippen molar-refractivity contribution in [3.05, 3.63) is 36.0 Å². The molecule has 28 heavy (non-hydrogen) atoms. The molecule has 1 aliphatic heterocycles. The summed E-state index contributed by atoms with van der Waals surface area (Å²) in [7, 11) is 1.98. The Labute approximate surface area is 171 Å². The number of nitrogens with zero attached hydrogens (tertiary/aromatic N) is 7. The molecular weight excluding hydrogens is 372 g/mol. The van der Waals surface area contributed by atoms with Crippen LogP contribution in [0.25, 0.3) is 0 Å². The summed E-state index contributed by atoms with van der Waals surface area (Å²) in [5, 5.41) is 11.9. The van der Waals surface area contributed by atoms with Crippen molar-refractivity contribution < 1.29 is 0 Å². The highest BCUT2D eigenvalue weighted by molar-refractivity contribution is 7.98. The second kappa shape index (κ2) is 10.3. The Balaban J connectivity index is 1.63. The summed E-state index contributed by atoms with van der Waals surface area (Å²) < 4.78 is 1.99. The zero-order valence-corrected chi connectivity index (χ0v) is 17.8. The molecule has 0 saturated carbocycles. The van der Waals surface area contributed by atoms with Crippen molar-refractivity contribution in [2.45, 2.75) is 19.9 Å². The molecular formula is C19H30N8S. The molecule has 1 N–H and O–H groups in total. The van der Waals surface area contributed by atoms with Crippen LogP contribution in [-0.4, -0.2) is 75.3 Å². The van der Waals surface area contributed by atoms with Gasteiger partial charge in [-0.2, -0.15) is 11.8 Å². The molecule has 2 aromatic heterocycles. The molecule has 0 unspecified atom stereocenters. The van der Waals surface area contributed by atoms with Crippen LogP contribution in [0.5, 0.6) is 0 Å². The molecule has 3 heterocycles. The zero-order chi connectivity index (χ0) is 19.8. The molecule has 152 valence electrons. The van der Waals surface area contributed by atoms with Crippen molar-refractivity contribution in [3.63, 3.8) is 0 Å². The van der Waals surface area contributed by atoms with Crippen LogP contribution in [0.4, 0.5) is 5.82 Å². The normalized spacial score (nSPS) is 15.2. The van der Waals surface area contributed by atoms with E-state index in [1.165, 1.54) is 0 Å². The number of piperazine rings is 1. The molecule has 0 atom stereocenters. The monoisotopic (exact) mass is 402 g/mol. The van der Waals surface area contributed by atoms with Crippen LogP contribution < -0.4 is 10.2 Å². The van der Waals surface area contributed by atoms with E-state index < -0.39 is 0 Å². The lowest BCUT2D eigenvalue weighted by Gasteiger charge is -2.37. The van der Waals surface area contributed by atoms with Crippen LogP contribution >= 0.6 is 11.8 Å². The molecule has 0 aliphatic carbocycles. The van der Waals surface area contributed by atoms with Gasteiger partial charge in [0.25, 0.3) is 0 Å². The fourth-order valence-corrected chi connectivity index (χ4v) is 3.54. The van der Waals surface area contributed by atoms with Crippen molar-refractivity contribution in [2.75, 3.05) is 49.6 Å². The van der Waals surface area contributed by atoms with Crippen molar-refractivity contribution in [3.8, 4) is 0 Å². The van der Waals surface area contributed by atoms with E-state index in [9.17, 15) is 0 Å². The highest BCUT2D eigenvalue weighted by Crippen LogP contribution is 2.13. The SMILES string of the molecule is CSCCCNC(=NCc1nnc(C)n1C)N1CCN(c2ccccn2)CC1. The molecule has 3 rings (SSSR count). The van der Waals surface area contributed by atoms with Gasteiger partial charge >= 0.3 is 0 Å². The Morgan fingerprint density at radius 3 is 2.68 bits per heavy atom. The van der Waals surface area contributed by atoms with E-state index in [1.807, 2.05) is 48.6 Å². The topological polar surface area (TPSA) is 74.5 Å². The van der Waals surface area contributed by atoms with Gasteiger partial charge in [-0.3, -0.25) is 0 Å². The average Bonchev–Trinajstić information content (AvgIpc) is 3.06. The number of nitrogens with one attached hydrogen (secondary N) is 1. The second-order valence-electron chi connectivity index (χ2n) is 6.80. The molecule has 2 aromatic rings. The zero-order valence-electron chi connectivity index (χ0n) is 17.0. The maximum Gasteiger partial charge on any atom is 0.194 e. The number of aliphatic imine (C=N–C) groups is 1. The summed E-state index contributed by atoms with van der Waals surface area (Å²) in [4.78, 5) is 14.0. The van der Waals surface area contributed by atoms with Gasteiger partial charge in [-0.05, 0) is 37.5 Å². The minimum Gasteiger partial charge on any atom is -0.356 e. The Morgan fingerprint density at radius 2 is 2.04 bits per heavy atom. The number of aryl methyl sites for hydroxylation is 1. The lowest BCUT2D eigenvalue weighted by atomic mass is 10.3. The summed E-state index contributed by atoms with van der Waals surface area (Å²) in [6, 6.07) is 6.07. The molecule has 0 aromatic carbocycles. The van der Waals surface area contributed by atoms with Crippen molar-refractivity contribution in [1.29, 1.82) is 0 Å². The summed E-state index contributed by atoms with van der Waals surface area (Å²) in [6.07, 6.45) is 5.12. The van der Waals surface area contributed by atoms with Crippen LogP contribution in [0.2, 0.25) is 0 Å². The van der Waals surface area contributed by atoms with Crippen LogP contribution in [0.3, 0.4) is 0 Å². The number of guanidine groups is 1. The predicted octanol–water partition coefficient (Wildman–Crippen LogP) is 1.54. The predicted molar refractivity (Wildman–Crippen MR) is 116 cm³/mol. The first kappa shape index (κ1) is 20.4. The molecule has 0 bridgehead atoms. The number of anilines is 1. The summed E-state index contributed by atoms with van der Waals surface area (Å²) in [5.41, 5.74) is 0. The van der Waals surface area contributed by atoms with Gasteiger partial charge in [0, 0.05) is 46.0 Å². The van der Waals surface area contributed by atoms with E-state index in [2.05, 4.69) is 42.6 Å². The van der Waals surface area contributed by atoms with Crippen LogP contribution in [0, 0.1) is 6.92 Å². The first-order valence-corrected chi connectivity index (χ1v) is 11.1. The van der Waals surface area contributed by atoms with Crippen LogP contribution in [0.15, 0.2) is 29.4 Å². The van der Waals surface area contributed by atoms with Crippen LogP contribution in [0.1, 0.15) is 18.1 Å². The lowest BCUT2D eigenvalue weighted by molar-refractivity contribution is 0.370. The Bertz CT molecular complexity index is 753.